The van der Waals surface area contributed by atoms with E-state index in [1.165, 1.54) is 4.90 Å². The number of amides is 7. The van der Waals surface area contributed by atoms with Crippen LogP contribution in [0.4, 0.5) is 0 Å². The van der Waals surface area contributed by atoms with E-state index in [1.807, 2.05) is 13.8 Å². The molecule has 2 rings (SSSR count). The molecule has 1 aliphatic heterocycles. The summed E-state index contributed by atoms with van der Waals surface area (Å²) in [6.45, 7) is 5.16. The molecule has 1 saturated heterocycles. The van der Waals surface area contributed by atoms with Crippen LogP contribution >= 0.6 is 12.6 Å². The summed E-state index contributed by atoms with van der Waals surface area (Å²) >= 11 is 4.11. The first-order valence-corrected chi connectivity index (χ1v) is 19.5. The number of hydrogen-bond donors (Lipinski definition) is 11. The van der Waals surface area contributed by atoms with Crippen molar-refractivity contribution in [1.29, 1.82) is 0 Å². The van der Waals surface area contributed by atoms with Crippen molar-refractivity contribution in [3.63, 3.8) is 0 Å². The van der Waals surface area contributed by atoms with Crippen LogP contribution in [0.2, 0.25) is 0 Å². The van der Waals surface area contributed by atoms with E-state index >= 15 is 0 Å². The van der Waals surface area contributed by atoms with Gasteiger partial charge in [-0.15, -0.1) is 0 Å². The number of likely N-dealkylation sites (tertiary alicyclic amines) is 1. The van der Waals surface area contributed by atoms with E-state index in [2.05, 4.69) is 44.5 Å². The van der Waals surface area contributed by atoms with Crippen LogP contribution in [0.15, 0.2) is 30.3 Å². The van der Waals surface area contributed by atoms with Crippen LogP contribution in [-0.4, -0.2) is 142 Å². The van der Waals surface area contributed by atoms with Crippen LogP contribution in [0, 0.1) is 11.8 Å². The Morgan fingerprint density at radius 2 is 1.37 bits per heavy atom. The summed E-state index contributed by atoms with van der Waals surface area (Å²) in [6.07, 6.45) is 1.70. The van der Waals surface area contributed by atoms with Crippen molar-refractivity contribution in [2.75, 3.05) is 32.1 Å². The second kappa shape index (κ2) is 24.1. The first-order chi connectivity index (χ1) is 27.0. The first kappa shape index (κ1) is 48.4. The van der Waals surface area contributed by atoms with Gasteiger partial charge in [-0.2, -0.15) is 12.6 Å². The van der Waals surface area contributed by atoms with E-state index < -0.39 is 109 Å². The Morgan fingerprint density at radius 1 is 0.825 bits per heavy atom. The van der Waals surface area contributed by atoms with Crippen LogP contribution in [0.25, 0.3) is 0 Å². The molecule has 7 amide bonds. The summed E-state index contributed by atoms with van der Waals surface area (Å²) in [4.78, 5) is 105. The van der Waals surface area contributed by atoms with E-state index in [1.54, 1.807) is 44.2 Å². The molecule has 1 fully saturated rings. The molecule has 0 bridgehead atoms. The van der Waals surface area contributed by atoms with Gasteiger partial charge in [0.15, 0.2) is 0 Å². The molecule has 0 unspecified atom stereocenters. The molecule has 0 saturated carbocycles. The fourth-order valence-electron chi connectivity index (χ4n) is 6.05. The maximum absolute atomic E-state index is 13.5. The molecule has 1 aromatic carbocycles. The number of rotatable bonds is 23. The van der Waals surface area contributed by atoms with Gasteiger partial charge in [0.1, 0.15) is 36.3 Å². The molecule has 20 heteroatoms. The molecule has 11 N–H and O–H groups in total. The molecule has 1 aromatic rings. The van der Waals surface area contributed by atoms with Gasteiger partial charge >= 0.3 is 5.97 Å². The Labute approximate surface area is 337 Å². The molecule has 0 radical (unpaired) electrons. The van der Waals surface area contributed by atoms with E-state index in [0.29, 0.717) is 37.8 Å². The second-order valence-electron chi connectivity index (χ2n) is 14.4. The van der Waals surface area contributed by atoms with Gasteiger partial charge < -0.3 is 57.9 Å². The van der Waals surface area contributed by atoms with Gasteiger partial charge in [-0.05, 0) is 36.7 Å². The lowest BCUT2D eigenvalue weighted by atomic mass is 9.99. The van der Waals surface area contributed by atoms with Crippen LogP contribution in [0.3, 0.4) is 0 Å². The fraction of sp³-hybridized carbons (Fsp3) is 0.622. The zero-order valence-corrected chi connectivity index (χ0v) is 33.6. The van der Waals surface area contributed by atoms with Crippen LogP contribution < -0.4 is 37.6 Å². The topological polar surface area (TPSA) is 299 Å². The summed E-state index contributed by atoms with van der Waals surface area (Å²) in [5.74, 6) is -7.41. The Morgan fingerprint density at radius 3 is 1.89 bits per heavy atom. The second-order valence-corrected chi connectivity index (χ2v) is 14.8. The highest BCUT2D eigenvalue weighted by molar-refractivity contribution is 7.80. The standard InChI is InChI=1S/C37H58N8O11S/c1-5-21(4)30(37(55)56)44-33(51)26(18-47)42-31(49)24(15-22-10-7-6-8-11-22)41-32(50)25(17-46)43-34(52)27(19-57)40-29(48)16-39-35(53)28-12-9-13-45(28)36(54)23(38)14-20(2)3/h6-8,10-11,20-21,23-28,30,46-47,57H,5,9,12-19,38H2,1-4H3,(H,39,53)(H,40,48)(H,41,50)(H,42,49)(H,43,52)(H,44,51)(H,55,56)/t21-,23-,24-,25-,26-,27-,28-,30-/m0/s1. The highest BCUT2D eigenvalue weighted by Crippen LogP contribution is 2.20. The molecule has 1 aliphatic rings. The highest BCUT2D eigenvalue weighted by Gasteiger charge is 2.37. The quantitative estimate of drug-likeness (QED) is 0.0499. The monoisotopic (exact) mass is 822 g/mol. The molecule has 0 aliphatic carbocycles. The van der Waals surface area contributed by atoms with Crippen molar-refractivity contribution >= 4 is 59.9 Å². The number of nitrogens with one attached hydrogen (secondary N) is 6. The fourth-order valence-corrected chi connectivity index (χ4v) is 6.31. The van der Waals surface area contributed by atoms with Gasteiger partial charge in [0, 0.05) is 18.7 Å². The van der Waals surface area contributed by atoms with Gasteiger partial charge in [0.25, 0.3) is 0 Å². The molecule has 0 spiro atoms. The van der Waals surface area contributed by atoms with E-state index in [4.69, 9.17) is 5.73 Å². The normalized spacial score (nSPS) is 17.5. The zero-order valence-electron chi connectivity index (χ0n) is 32.7. The van der Waals surface area contributed by atoms with Crippen LogP contribution in [0.5, 0.6) is 0 Å². The average molecular weight is 823 g/mol. The number of carbonyl (C=O) groups is 8. The minimum atomic E-state index is -1.64. The lowest BCUT2D eigenvalue weighted by molar-refractivity contribution is -0.144. The minimum absolute atomic E-state index is 0.131. The van der Waals surface area contributed by atoms with Gasteiger partial charge in [-0.3, -0.25) is 33.6 Å². The number of hydrogen-bond acceptors (Lipinski definition) is 12. The van der Waals surface area contributed by atoms with Gasteiger partial charge in [-0.25, -0.2) is 4.79 Å². The number of carbonyl (C=O) groups excluding carboxylic acids is 7. The van der Waals surface area contributed by atoms with E-state index in [0.717, 1.165) is 0 Å². The van der Waals surface area contributed by atoms with Gasteiger partial charge in [0.2, 0.25) is 41.4 Å². The predicted octanol–water partition coefficient (Wildman–Crippen LogP) is -2.82. The molecular formula is C37H58N8O11S. The summed E-state index contributed by atoms with van der Waals surface area (Å²) < 4.78 is 0. The molecule has 1 heterocycles. The van der Waals surface area contributed by atoms with Crippen molar-refractivity contribution in [3.05, 3.63) is 35.9 Å². The summed E-state index contributed by atoms with van der Waals surface area (Å²) in [7, 11) is 0. The Hall–Kier alpha value is -4.79. The summed E-state index contributed by atoms with van der Waals surface area (Å²) in [5, 5.41) is 43.8. The molecule has 19 nitrogen and oxygen atoms in total. The smallest absolute Gasteiger partial charge is 0.326 e. The number of aliphatic hydroxyl groups is 2. The van der Waals surface area contributed by atoms with E-state index in [9.17, 15) is 53.7 Å². The third-order valence-corrected chi connectivity index (χ3v) is 9.83. The minimum Gasteiger partial charge on any atom is -0.480 e. The van der Waals surface area contributed by atoms with Gasteiger partial charge in [-0.1, -0.05) is 64.4 Å². The van der Waals surface area contributed by atoms with Crippen molar-refractivity contribution < 1.29 is 53.7 Å². The zero-order chi connectivity index (χ0) is 42.8. The number of benzene rings is 1. The number of thiol groups is 1. The number of aliphatic carboxylic acids is 1. The van der Waals surface area contributed by atoms with Crippen molar-refractivity contribution in [3.8, 4) is 0 Å². The van der Waals surface area contributed by atoms with Crippen molar-refractivity contribution in [1.82, 2.24) is 36.8 Å². The Kier molecular flexibility index (Phi) is 20.4. The molecule has 318 valence electrons. The number of carboxylic acid groups (broad SMARTS) is 1. The van der Waals surface area contributed by atoms with Crippen LogP contribution in [0.1, 0.15) is 58.9 Å². The number of nitrogens with zero attached hydrogens (tertiary/aromatic N) is 1. The number of aliphatic hydroxyl groups excluding tert-OH is 2. The molecular weight excluding hydrogens is 765 g/mol. The van der Waals surface area contributed by atoms with Gasteiger partial charge in [0.05, 0.1) is 25.8 Å². The maximum Gasteiger partial charge on any atom is 0.326 e. The lowest BCUT2D eigenvalue weighted by Crippen LogP contribution is -2.61. The highest BCUT2D eigenvalue weighted by atomic mass is 32.1. The average Bonchev–Trinajstić information content (AvgIpc) is 3.68. The van der Waals surface area contributed by atoms with Crippen molar-refractivity contribution in [2.24, 2.45) is 17.6 Å². The number of nitrogens with two attached hydrogens (primary N) is 1. The predicted molar refractivity (Wildman–Crippen MR) is 210 cm³/mol. The summed E-state index contributed by atoms with van der Waals surface area (Å²) in [6, 6.07) is -0.462. The maximum atomic E-state index is 13.5. The first-order valence-electron chi connectivity index (χ1n) is 18.9. The third-order valence-electron chi connectivity index (χ3n) is 9.46. The number of carboxylic acids is 1. The molecule has 57 heavy (non-hydrogen) atoms. The van der Waals surface area contributed by atoms with Crippen molar-refractivity contribution in [2.45, 2.75) is 102 Å². The van der Waals surface area contributed by atoms with Crippen LogP contribution in [-0.2, 0) is 44.8 Å². The molecule has 0 aromatic heterocycles. The Bertz CT molecular complexity index is 1550. The lowest BCUT2D eigenvalue weighted by Gasteiger charge is -2.27. The third kappa shape index (κ3) is 15.2. The Balaban J connectivity index is 2.08. The largest absolute Gasteiger partial charge is 0.480 e. The summed E-state index contributed by atoms with van der Waals surface area (Å²) in [5.41, 5.74) is 6.62. The SMILES string of the molecule is CC[C@H](C)[C@H](NC(=O)[C@H](CO)NC(=O)[C@H](Cc1ccccc1)NC(=O)[C@H](CO)NC(=O)[C@H](CS)NC(=O)CNC(=O)[C@@H]1CCCN1C(=O)[C@@H](N)CC(C)C)C(=O)O. The molecule has 8 atom stereocenters. The van der Waals surface area contributed by atoms with E-state index in [-0.39, 0.29) is 24.0 Å².